The zero-order valence-corrected chi connectivity index (χ0v) is 11.8. The highest BCUT2D eigenvalue weighted by Crippen LogP contribution is 2.31. The van der Waals surface area contributed by atoms with Crippen molar-refractivity contribution in [1.29, 1.82) is 0 Å². The first-order valence-electron chi connectivity index (χ1n) is 6.56. The molecular formula is C14H18F2N2S. The Hall–Kier alpha value is -1.23. The summed E-state index contributed by atoms with van der Waals surface area (Å²) in [5, 5.41) is 0. The summed E-state index contributed by atoms with van der Waals surface area (Å²) in [6, 6.07) is 2.42. The summed E-state index contributed by atoms with van der Waals surface area (Å²) in [6.45, 7) is 3.19. The van der Waals surface area contributed by atoms with Gasteiger partial charge in [-0.3, -0.25) is 0 Å². The highest BCUT2D eigenvalue weighted by atomic mass is 32.1. The standard InChI is InChI=1S/C14H18F2N2S/c1-2-18(8-9-4-3-5-9)13-11(15)6-10(14(17)19)7-12(13)16/h6-7,9H,2-5,8H2,1H3,(H2,17,19). The average Bonchev–Trinajstić information content (AvgIpc) is 2.29. The fraction of sp³-hybridized carbons (Fsp3) is 0.500. The van der Waals surface area contributed by atoms with E-state index in [9.17, 15) is 8.78 Å². The number of nitrogens with zero attached hydrogens (tertiary/aromatic N) is 1. The number of hydrogen-bond donors (Lipinski definition) is 1. The third kappa shape index (κ3) is 3.03. The van der Waals surface area contributed by atoms with E-state index in [4.69, 9.17) is 18.0 Å². The second-order valence-electron chi connectivity index (χ2n) is 4.99. The third-order valence-corrected chi connectivity index (χ3v) is 3.94. The van der Waals surface area contributed by atoms with Gasteiger partial charge in [0.25, 0.3) is 0 Å². The molecule has 0 unspecified atom stereocenters. The van der Waals surface area contributed by atoms with Crippen LogP contribution >= 0.6 is 12.2 Å². The first kappa shape index (κ1) is 14.2. The molecule has 2 rings (SSSR count). The summed E-state index contributed by atoms with van der Waals surface area (Å²) >= 11 is 4.75. The van der Waals surface area contributed by atoms with Gasteiger partial charge in [0.2, 0.25) is 0 Å². The van der Waals surface area contributed by atoms with Gasteiger partial charge in [0.1, 0.15) is 22.3 Å². The molecule has 1 aliphatic carbocycles. The van der Waals surface area contributed by atoms with Gasteiger partial charge in [-0.25, -0.2) is 8.78 Å². The van der Waals surface area contributed by atoms with Crippen LogP contribution in [0.25, 0.3) is 0 Å². The molecule has 0 spiro atoms. The molecule has 0 amide bonds. The number of hydrogen-bond acceptors (Lipinski definition) is 2. The molecule has 1 aromatic carbocycles. The van der Waals surface area contributed by atoms with Gasteiger partial charge in [0.05, 0.1) is 0 Å². The van der Waals surface area contributed by atoms with Crippen LogP contribution in [0.5, 0.6) is 0 Å². The van der Waals surface area contributed by atoms with E-state index in [1.807, 2.05) is 6.92 Å². The lowest BCUT2D eigenvalue weighted by atomic mass is 9.85. The van der Waals surface area contributed by atoms with E-state index < -0.39 is 11.6 Å². The van der Waals surface area contributed by atoms with Gasteiger partial charge in [0.15, 0.2) is 0 Å². The fourth-order valence-corrected chi connectivity index (χ4v) is 2.49. The van der Waals surface area contributed by atoms with E-state index in [0.29, 0.717) is 19.0 Å². The van der Waals surface area contributed by atoms with E-state index in [0.717, 1.165) is 12.8 Å². The lowest BCUT2D eigenvalue weighted by molar-refractivity contribution is 0.317. The molecule has 0 atom stereocenters. The normalized spacial score (nSPS) is 15.1. The van der Waals surface area contributed by atoms with Crippen molar-refractivity contribution in [2.75, 3.05) is 18.0 Å². The zero-order valence-electron chi connectivity index (χ0n) is 11.0. The van der Waals surface area contributed by atoms with Crippen LogP contribution in [0, 0.1) is 17.6 Å². The Labute approximate surface area is 117 Å². The number of halogens is 2. The molecule has 1 saturated carbocycles. The molecule has 0 heterocycles. The summed E-state index contributed by atoms with van der Waals surface area (Å²) in [5.41, 5.74) is 5.67. The molecule has 0 aliphatic heterocycles. The first-order chi connectivity index (χ1) is 9.02. The molecule has 19 heavy (non-hydrogen) atoms. The first-order valence-corrected chi connectivity index (χ1v) is 6.97. The van der Waals surface area contributed by atoms with Crippen molar-refractivity contribution in [2.45, 2.75) is 26.2 Å². The molecule has 1 aromatic rings. The number of thiocarbonyl (C=S) groups is 1. The van der Waals surface area contributed by atoms with Crippen molar-refractivity contribution in [1.82, 2.24) is 0 Å². The minimum absolute atomic E-state index is 0.00592. The summed E-state index contributed by atoms with van der Waals surface area (Å²) in [5.74, 6) is -0.637. The van der Waals surface area contributed by atoms with Gasteiger partial charge < -0.3 is 10.6 Å². The molecular weight excluding hydrogens is 266 g/mol. The third-order valence-electron chi connectivity index (χ3n) is 3.70. The smallest absolute Gasteiger partial charge is 0.150 e. The SMILES string of the molecule is CCN(CC1CCC1)c1c(F)cc(C(N)=S)cc1F. The molecule has 0 bridgehead atoms. The number of rotatable bonds is 5. The minimum Gasteiger partial charge on any atom is -0.389 e. The van der Waals surface area contributed by atoms with Crippen LogP contribution in [0.1, 0.15) is 31.7 Å². The summed E-state index contributed by atoms with van der Waals surface area (Å²) in [6.07, 6.45) is 3.50. The maximum absolute atomic E-state index is 14.1. The molecule has 0 saturated heterocycles. The van der Waals surface area contributed by atoms with Crippen LogP contribution in [-0.4, -0.2) is 18.1 Å². The lowest BCUT2D eigenvalue weighted by Gasteiger charge is -2.33. The Kier molecular flexibility index (Phi) is 4.34. The molecule has 1 aliphatic rings. The molecule has 2 N–H and O–H groups in total. The Morgan fingerprint density at radius 3 is 2.32 bits per heavy atom. The van der Waals surface area contributed by atoms with Crippen LogP contribution in [0.3, 0.4) is 0 Å². The Morgan fingerprint density at radius 1 is 1.37 bits per heavy atom. The Balaban J connectivity index is 2.28. The van der Waals surface area contributed by atoms with Crippen molar-refractivity contribution < 1.29 is 8.78 Å². The Bertz CT molecular complexity index is 463. The topological polar surface area (TPSA) is 29.3 Å². The van der Waals surface area contributed by atoms with Crippen molar-refractivity contribution in [2.24, 2.45) is 11.7 Å². The lowest BCUT2D eigenvalue weighted by Crippen LogP contribution is -2.33. The molecule has 0 aromatic heterocycles. The molecule has 0 radical (unpaired) electrons. The second kappa shape index (κ2) is 5.82. The minimum atomic E-state index is -0.594. The van der Waals surface area contributed by atoms with Crippen molar-refractivity contribution >= 4 is 22.9 Å². The highest BCUT2D eigenvalue weighted by molar-refractivity contribution is 7.80. The maximum atomic E-state index is 14.1. The summed E-state index contributed by atoms with van der Waals surface area (Å²) in [4.78, 5) is 1.77. The van der Waals surface area contributed by atoms with Crippen molar-refractivity contribution in [3.8, 4) is 0 Å². The van der Waals surface area contributed by atoms with E-state index in [1.165, 1.54) is 18.6 Å². The average molecular weight is 284 g/mol. The Morgan fingerprint density at radius 2 is 1.95 bits per heavy atom. The van der Waals surface area contributed by atoms with Gasteiger partial charge in [-0.15, -0.1) is 0 Å². The monoisotopic (exact) mass is 284 g/mol. The molecule has 2 nitrogen and oxygen atoms in total. The number of benzene rings is 1. The van der Waals surface area contributed by atoms with Gasteiger partial charge in [-0.2, -0.15) is 0 Å². The van der Waals surface area contributed by atoms with E-state index in [2.05, 4.69) is 0 Å². The maximum Gasteiger partial charge on any atom is 0.150 e. The second-order valence-corrected chi connectivity index (χ2v) is 5.43. The van der Waals surface area contributed by atoms with Gasteiger partial charge in [-0.1, -0.05) is 18.6 Å². The quantitative estimate of drug-likeness (QED) is 0.842. The van der Waals surface area contributed by atoms with Crippen LogP contribution in [0.4, 0.5) is 14.5 Å². The number of nitrogens with two attached hydrogens (primary N) is 1. The molecule has 5 heteroatoms. The van der Waals surface area contributed by atoms with Crippen LogP contribution < -0.4 is 10.6 Å². The largest absolute Gasteiger partial charge is 0.389 e. The van der Waals surface area contributed by atoms with Crippen molar-refractivity contribution in [3.05, 3.63) is 29.3 Å². The predicted octanol–water partition coefficient (Wildman–Crippen LogP) is 3.23. The van der Waals surface area contributed by atoms with E-state index >= 15 is 0 Å². The summed E-state index contributed by atoms with van der Waals surface area (Å²) < 4.78 is 28.2. The van der Waals surface area contributed by atoms with Gasteiger partial charge in [-0.05, 0) is 37.8 Å². The van der Waals surface area contributed by atoms with E-state index in [-0.39, 0.29) is 16.2 Å². The fourth-order valence-electron chi connectivity index (χ4n) is 2.38. The number of anilines is 1. The molecule has 1 fully saturated rings. The van der Waals surface area contributed by atoms with Gasteiger partial charge in [0, 0.05) is 18.7 Å². The van der Waals surface area contributed by atoms with Crippen LogP contribution in [0.15, 0.2) is 12.1 Å². The predicted molar refractivity (Wildman–Crippen MR) is 77.5 cm³/mol. The zero-order chi connectivity index (χ0) is 14.0. The molecule has 104 valence electrons. The van der Waals surface area contributed by atoms with E-state index in [1.54, 1.807) is 4.90 Å². The van der Waals surface area contributed by atoms with Gasteiger partial charge >= 0.3 is 0 Å². The summed E-state index contributed by atoms with van der Waals surface area (Å²) in [7, 11) is 0. The van der Waals surface area contributed by atoms with Crippen LogP contribution in [-0.2, 0) is 0 Å². The van der Waals surface area contributed by atoms with Crippen molar-refractivity contribution in [3.63, 3.8) is 0 Å². The van der Waals surface area contributed by atoms with Crippen LogP contribution in [0.2, 0.25) is 0 Å². The highest BCUT2D eigenvalue weighted by Gasteiger charge is 2.24.